The number of amides is 1. The molecule has 0 aliphatic carbocycles. The topological polar surface area (TPSA) is 90.9 Å². The van der Waals surface area contributed by atoms with Crippen molar-refractivity contribution in [2.75, 3.05) is 26.2 Å². The van der Waals surface area contributed by atoms with E-state index in [1.165, 1.54) is 5.56 Å². The van der Waals surface area contributed by atoms with Crippen LogP contribution in [0.1, 0.15) is 31.4 Å². The minimum atomic E-state index is -3.56. The van der Waals surface area contributed by atoms with Crippen molar-refractivity contribution >= 4 is 21.8 Å². The summed E-state index contributed by atoms with van der Waals surface area (Å²) in [5.74, 6) is 0.206. The normalized spacial score (nSPS) is 16.7. The second kappa shape index (κ2) is 10.5. The van der Waals surface area contributed by atoms with Gasteiger partial charge in [0, 0.05) is 24.6 Å². The van der Waals surface area contributed by atoms with Gasteiger partial charge in [0.1, 0.15) is 5.84 Å². The van der Waals surface area contributed by atoms with E-state index < -0.39 is 10.0 Å². The Morgan fingerprint density at radius 2 is 1.74 bits per heavy atom. The maximum atomic E-state index is 12.4. The van der Waals surface area contributed by atoms with Gasteiger partial charge in [0.15, 0.2) is 0 Å². The van der Waals surface area contributed by atoms with E-state index in [2.05, 4.69) is 45.9 Å². The molecule has 3 rings (SSSR count). The molecule has 2 aromatic rings. The van der Waals surface area contributed by atoms with E-state index in [0.717, 1.165) is 19.5 Å². The Morgan fingerprint density at radius 1 is 1.06 bits per heavy atom. The molecule has 0 spiro atoms. The Balaban J connectivity index is 1.55. The summed E-state index contributed by atoms with van der Waals surface area (Å²) in [6.07, 6.45) is 1.06. The van der Waals surface area contributed by atoms with E-state index in [-0.39, 0.29) is 29.8 Å². The first-order chi connectivity index (χ1) is 14.9. The molecule has 2 N–H and O–H groups in total. The highest BCUT2D eigenvalue weighted by molar-refractivity contribution is 7.90. The number of carbonyl (C=O) groups is 1. The number of likely N-dealkylation sites (N-methyl/N-ethyl adjacent to an activating group) is 1. The van der Waals surface area contributed by atoms with E-state index in [1.807, 2.05) is 18.2 Å². The van der Waals surface area contributed by atoms with Crippen molar-refractivity contribution in [3.05, 3.63) is 65.7 Å². The summed E-state index contributed by atoms with van der Waals surface area (Å²) in [4.78, 5) is 19.3. The number of fused-ring (bicyclic) bond motifs is 1. The first-order valence-electron chi connectivity index (χ1n) is 10.7. The smallest absolute Gasteiger partial charge is 0.263 e. The largest absolute Gasteiger partial charge is 0.354 e. The lowest BCUT2D eigenvalue weighted by molar-refractivity contribution is -0.121. The van der Waals surface area contributed by atoms with E-state index in [0.29, 0.717) is 17.9 Å². The summed E-state index contributed by atoms with van der Waals surface area (Å²) in [6.45, 7) is 6.85. The van der Waals surface area contributed by atoms with E-state index >= 15 is 0 Å². The number of hydrogen-bond acceptors (Lipinski definition) is 5. The highest BCUT2D eigenvalue weighted by atomic mass is 32.2. The lowest BCUT2D eigenvalue weighted by Crippen LogP contribution is -2.45. The second-order valence-electron chi connectivity index (χ2n) is 7.45. The lowest BCUT2D eigenvalue weighted by Gasteiger charge is -2.30. The molecule has 0 radical (unpaired) electrons. The Kier molecular flexibility index (Phi) is 7.81. The fourth-order valence-electron chi connectivity index (χ4n) is 3.80. The van der Waals surface area contributed by atoms with Gasteiger partial charge in [-0.15, -0.1) is 0 Å². The van der Waals surface area contributed by atoms with Crippen LogP contribution in [0.5, 0.6) is 0 Å². The molecular formula is C23H30N4O3S. The van der Waals surface area contributed by atoms with Crippen molar-refractivity contribution < 1.29 is 13.2 Å². The number of amidine groups is 1. The average molecular weight is 443 g/mol. The predicted octanol–water partition coefficient (Wildman–Crippen LogP) is 2.18. The summed E-state index contributed by atoms with van der Waals surface area (Å²) in [5, 5.41) is 3.02. The highest BCUT2D eigenvalue weighted by Gasteiger charge is 2.30. The van der Waals surface area contributed by atoms with Gasteiger partial charge in [-0.3, -0.25) is 19.4 Å². The van der Waals surface area contributed by atoms with Crippen LogP contribution in [-0.4, -0.2) is 57.3 Å². The summed E-state index contributed by atoms with van der Waals surface area (Å²) in [7, 11) is -3.56. The number of hydrogen-bond donors (Lipinski definition) is 2. The van der Waals surface area contributed by atoms with Gasteiger partial charge in [-0.25, -0.2) is 8.42 Å². The lowest BCUT2D eigenvalue weighted by atomic mass is 10.0. The SMILES string of the molecule is CCN(CC)C(CNC(=O)CCN=C1NS(=O)(=O)c2ccccc21)Cc1ccccc1. The van der Waals surface area contributed by atoms with E-state index in [4.69, 9.17) is 0 Å². The van der Waals surface area contributed by atoms with Crippen molar-refractivity contribution in [3.8, 4) is 0 Å². The number of aliphatic imine (C=N–C) groups is 1. The van der Waals surface area contributed by atoms with Crippen molar-refractivity contribution in [1.82, 2.24) is 14.9 Å². The third-order valence-corrected chi connectivity index (χ3v) is 6.85. The molecule has 0 bridgehead atoms. The maximum Gasteiger partial charge on any atom is 0.263 e. The molecule has 1 aliphatic heterocycles. The van der Waals surface area contributed by atoms with Crippen molar-refractivity contribution in [1.29, 1.82) is 0 Å². The molecule has 1 amide bonds. The molecule has 2 aromatic carbocycles. The summed E-state index contributed by atoms with van der Waals surface area (Å²) < 4.78 is 26.7. The Bertz CT molecular complexity index is 1020. The second-order valence-corrected chi connectivity index (χ2v) is 9.10. The van der Waals surface area contributed by atoms with Gasteiger partial charge >= 0.3 is 0 Å². The van der Waals surface area contributed by atoms with Gasteiger partial charge in [-0.2, -0.15) is 0 Å². The monoisotopic (exact) mass is 442 g/mol. The number of rotatable bonds is 10. The van der Waals surface area contributed by atoms with E-state index in [9.17, 15) is 13.2 Å². The van der Waals surface area contributed by atoms with Crippen LogP contribution in [0.2, 0.25) is 0 Å². The zero-order valence-electron chi connectivity index (χ0n) is 18.0. The van der Waals surface area contributed by atoms with Gasteiger partial charge in [0.2, 0.25) is 5.91 Å². The molecule has 0 aromatic heterocycles. The zero-order valence-corrected chi connectivity index (χ0v) is 18.9. The number of nitrogens with zero attached hydrogens (tertiary/aromatic N) is 2. The first-order valence-corrected chi connectivity index (χ1v) is 12.1. The fraction of sp³-hybridized carbons (Fsp3) is 0.391. The summed E-state index contributed by atoms with van der Waals surface area (Å²) in [5.41, 5.74) is 1.79. The number of benzene rings is 2. The third-order valence-electron chi connectivity index (χ3n) is 5.45. The van der Waals surface area contributed by atoms with Crippen molar-refractivity contribution in [2.24, 2.45) is 4.99 Å². The molecule has 7 nitrogen and oxygen atoms in total. The molecule has 1 heterocycles. The van der Waals surface area contributed by atoms with Crippen molar-refractivity contribution in [2.45, 2.75) is 37.6 Å². The molecule has 31 heavy (non-hydrogen) atoms. The average Bonchev–Trinajstić information content (AvgIpc) is 3.04. The summed E-state index contributed by atoms with van der Waals surface area (Å²) in [6, 6.07) is 17.2. The molecule has 0 saturated heterocycles. The van der Waals surface area contributed by atoms with Gasteiger partial charge in [-0.1, -0.05) is 56.3 Å². The molecule has 8 heteroatoms. The Labute approximate surface area is 184 Å². The molecule has 1 aliphatic rings. The van der Waals surface area contributed by atoms with E-state index in [1.54, 1.807) is 24.3 Å². The first kappa shape index (κ1) is 23.0. The molecule has 0 fully saturated rings. The minimum absolute atomic E-state index is 0.0938. The van der Waals surface area contributed by atoms with Crippen LogP contribution in [-0.2, 0) is 21.2 Å². The maximum absolute atomic E-state index is 12.4. The fourth-order valence-corrected chi connectivity index (χ4v) is 5.05. The quantitative estimate of drug-likeness (QED) is 0.590. The molecule has 1 atom stereocenters. The molecule has 0 saturated carbocycles. The van der Waals surface area contributed by atoms with Crippen LogP contribution in [0.3, 0.4) is 0 Å². The van der Waals surface area contributed by atoms with Gasteiger partial charge < -0.3 is 5.32 Å². The third kappa shape index (κ3) is 5.92. The molecule has 1 unspecified atom stereocenters. The van der Waals surface area contributed by atoms with Crippen LogP contribution in [0.25, 0.3) is 0 Å². The predicted molar refractivity (Wildman–Crippen MR) is 123 cm³/mol. The van der Waals surface area contributed by atoms with Crippen LogP contribution < -0.4 is 10.0 Å². The Hall–Kier alpha value is -2.71. The van der Waals surface area contributed by atoms with Gasteiger partial charge in [-0.05, 0) is 37.2 Å². The van der Waals surface area contributed by atoms with Crippen molar-refractivity contribution in [3.63, 3.8) is 0 Å². The Morgan fingerprint density at radius 3 is 2.45 bits per heavy atom. The minimum Gasteiger partial charge on any atom is -0.354 e. The van der Waals surface area contributed by atoms with Crippen LogP contribution in [0.4, 0.5) is 0 Å². The number of nitrogens with one attached hydrogen (secondary N) is 2. The molecule has 166 valence electrons. The van der Waals surface area contributed by atoms with Crippen LogP contribution >= 0.6 is 0 Å². The zero-order chi connectivity index (χ0) is 22.3. The van der Waals surface area contributed by atoms with Gasteiger partial charge in [0.05, 0.1) is 11.4 Å². The summed E-state index contributed by atoms with van der Waals surface area (Å²) >= 11 is 0. The van der Waals surface area contributed by atoms with Crippen LogP contribution in [0, 0.1) is 0 Å². The standard InChI is InChI=1S/C23H30N4O3S/c1-3-27(4-2)19(16-18-10-6-5-7-11-18)17-25-22(28)14-15-24-23-20-12-8-9-13-21(20)31(29,30)26-23/h5-13,19H,3-4,14-17H2,1-2H3,(H,24,26)(H,25,28). The van der Waals surface area contributed by atoms with Crippen LogP contribution in [0.15, 0.2) is 64.5 Å². The number of sulfonamides is 1. The van der Waals surface area contributed by atoms with Gasteiger partial charge in [0.25, 0.3) is 10.0 Å². The highest BCUT2D eigenvalue weighted by Crippen LogP contribution is 2.22. The number of carbonyl (C=O) groups excluding carboxylic acids is 1. The molecular weight excluding hydrogens is 412 g/mol.